The van der Waals surface area contributed by atoms with Gasteiger partial charge in [0.1, 0.15) is 5.75 Å². The van der Waals surface area contributed by atoms with Crippen LogP contribution in [0.2, 0.25) is 0 Å². The van der Waals surface area contributed by atoms with Gasteiger partial charge in [-0.2, -0.15) is 0 Å². The van der Waals surface area contributed by atoms with Crippen molar-refractivity contribution >= 4 is 13.4 Å². The van der Waals surface area contributed by atoms with Crippen LogP contribution in [0.5, 0.6) is 5.75 Å². The van der Waals surface area contributed by atoms with Gasteiger partial charge < -0.3 is 4.52 Å². The second-order valence-corrected chi connectivity index (χ2v) is 6.53. The molecule has 5 heteroatoms. The number of para-hydroxylation sites is 1. The van der Waals surface area contributed by atoms with Crippen LogP contribution in [0.15, 0.2) is 54.6 Å². The molecule has 0 bridgehead atoms. The number of hydrogen-bond donors (Lipinski definition) is 0. The van der Waals surface area contributed by atoms with Gasteiger partial charge in [0, 0.05) is 5.69 Å². The van der Waals surface area contributed by atoms with E-state index in [1.165, 1.54) is 0 Å². The fourth-order valence-corrected chi connectivity index (χ4v) is 3.85. The highest BCUT2D eigenvalue weighted by Crippen LogP contribution is 2.56. The van der Waals surface area contributed by atoms with E-state index in [4.69, 9.17) is 9.05 Å². The van der Waals surface area contributed by atoms with Gasteiger partial charge in [-0.1, -0.05) is 35.9 Å². The van der Waals surface area contributed by atoms with Crippen LogP contribution in [0.3, 0.4) is 0 Å². The molecule has 1 saturated heterocycles. The molecule has 0 aromatic heterocycles. The molecule has 20 heavy (non-hydrogen) atoms. The molecule has 2 aromatic rings. The van der Waals surface area contributed by atoms with Crippen molar-refractivity contribution < 1.29 is 13.6 Å². The van der Waals surface area contributed by atoms with Crippen LogP contribution in [0.1, 0.15) is 5.56 Å². The van der Waals surface area contributed by atoms with Gasteiger partial charge in [-0.25, -0.2) is 4.57 Å². The molecule has 1 fully saturated rings. The lowest BCUT2D eigenvalue weighted by molar-refractivity contribution is 0.305. The summed E-state index contributed by atoms with van der Waals surface area (Å²) in [6.07, 6.45) is 0. The van der Waals surface area contributed by atoms with Gasteiger partial charge >= 0.3 is 7.75 Å². The molecule has 0 radical (unpaired) electrons. The highest BCUT2D eigenvalue weighted by Gasteiger charge is 2.41. The summed E-state index contributed by atoms with van der Waals surface area (Å²) in [5, 5.41) is 0. The maximum absolute atomic E-state index is 12.9. The average Bonchev–Trinajstić information content (AvgIpc) is 2.82. The van der Waals surface area contributed by atoms with Crippen molar-refractivity contribution in [2.24, 2.45) is 0 Å². The van der Waals surface area contributed by atoms with E-state index in [2.05, 4.69) is 0 Å². The van der Waals surface area contributed by atoms with Crippen molar-refractivity contribution in [2.75, 3.05) is 17.8 Å². The third-order valence-electron chi connectivity index (χ3n) is 3.15. The van der Waals surface area contributed by atoms with Crippen molar-refractivity contribution in [1.82, 2.24) is 0 Å². The predicted octanol–water partition coefficient (Wildman–Crippen LogP) is 4.02. The van der Waals surface area contributed by atoms with Crippen LogP contribution in [0, 0.1) is 6.92 Å². The Balaban J connectivity index is 1.88. The Labute approximate surface area is 118 Å². The van der Waals surface area contributed by atoms with Crippen LogP contribution >= 0.6 is 7.75 Å². The van der Waals surface area contributed by atoms with Gasteiger partial charge in [0.05, 0.1) is 13.2 Å². The highest BCUT2D eigenvalue weighted by atomic mass is 31.2. The largest absolute Gasteiger partial charge is 0.489 e. The first kappa shape index (κ1) is 13.2. The first-order valence-corrected chi connectivity index (χ1v) is 8.01. The number of benzene rings is 2. The van der Waals surface area contributed by atoms with Crippen molar-refractivity contribution in [2.45, 2.75) is 6.92 Å². The van der Waals surface area contributed by atoms with E-state index in [-0.39, 0.29) is 0 Å². The van der Waals surface area contributed by atoms with E-state index in [9.17, 15) is 4.57 Å². The molecule has 3 rings (SSSR count). The third-order valence-corrected chi connectivity index (χ3v) is 5.12. The van der Waals surface area contributed by atoms with Crippen molar-refractivity contribution in [1.29, 1.82) is 0 Å². The van der Waals surface area contributed by atoms with Gasteiger partial charge in [-0.15, -0.1) is 0 Å². The minimum atomic E-state index is -3.31. The number of rotatable bonds is 3. The van der Waals surface area contributed by atoms with Crippen LogP contribution in [0.4, 0.5) is 5.69 Å². The first-order chi connectivity index (χ1) is 9.67. The van der Waals surface area contributed by atoms with E-state index < -0.39 is 7.75 Å². The molecule has 1 aliphatic heterocycles. The molecular weight excluding hydrogens is 273 g/mol. The lowest BCUT2D eigenvalue weighted by atomic mass is 10.2. The smallest absolute Gasteiger partial charge is 0.409 e. The predicted molar refractivity (Wildman–Crippen MR) is 79.2 cm³/mol. The second kappa shape index (κ2) is 5.31. The summed E-state index contributed by atoms with van der Waals surface area (Å²) in [6, 6.07) is 17.0. The Morgan fingerprint density at radius 3 is 2.50 bits per heavy atom. The summed E-state index contributed by atoms with van der Waals surface area (Å²) in [7, 11) is -3.31. The summed E-state index contributed by atoms with van der Waals surface area (Å²) in [6.45, 7) is 2.98. The van der Waals surface area contributed by atoms with Gasteiger partial charge in [-0.05, 0) is 31.2 Å². The quantitative estimate of drug-likeness (QED) is 0.800. The number of nitrogens with zero attached hydrogens (tertiary/aromatic N) is 1. The summed E-state index contributed by atoms with van der Waals surface area (Å²) in [5.74, 6) is 0.551. The van der Waals surface area contributed by atoms with Gasteiger partial charge in [0.25, 0.3) is 0 Å². The van der Waals surface area contributed by atoms with E-state index in [1.807, 2.05) is 49.4 Å². The Bertz CT molecular complexity index is 627. The molecule has 2 aromatic carbocycles. The van der Waals surface area contributed by atoms with E-state index in [1.54, 1.807) is 16.8 Å². The van der Waals surface area contributed by atoms with Gasteiger partial charge in [0.15, 0.2) is 0 Å². The Morgan fingerprint density at radius 2 is 1.80 bits per heavy atom. The van der Waals surface area contributed by atoms with Crippen LogP contribution in [-0.4, -0.2) is 13.2 Å². The number of hydrogen-bond acceptors (Lipinski definition) is 3. The molecule has 1 aliphatic rings. The summed E-state index contributed by atoms with van der Waals surface area (Å²) in [5.41, 5.74) is 2.01. The zero-order valence-corrected chi connectivity index (χ0v) is 12.1. The summed E-state index contributed by atoms with van der Waals surface area (Å²) < 4.78 is 25.6. The zero-order valence-electron chi connectivity index (χ0n) is 11.2. The van der Waals surface area contributed by atoms with Gasteiger partial charge in [0.2, 0.25) is 0 Å². The molecule has 1 heterocycles. The van der Waals surface area contributed by atoms with Crippen LogP contribution in [0.25, 0.3) is 0 Å². The fourth-order valence-electron chi connectivity index (χ4n) is 2.11. The normalized spacial score (nSPS) is 21.9. The van der Waals surface area contributed by atoms with Gasteiger partial charge in [-0.3, -0.25) is 9.19 Å². The van der Waals surface area contributed by atoms with Crippen molar-refractivity contribution in [3.63, 3.8) is 0 Å². The number of aryl methyl sites for hydroxylation is 1. The Hall–Kier alpha value is -1.77. The molecule has 0 aliphatic carbocycles. The molecule has 0 amide bonds. The Kier molecular flexibility index (Phi) is 3.51. The average molecular weight is 289 g/mol. The lowest BCUT2D eigenvalue weighted by Gasteiger charge is -2.24. The number of anilines is 1. The molecule has 0 saturated carbocycles. The molecule has 104 valence electrons. The first-order valence-electron chi connectivity index (χ1n) is 6.51. The molecular formula is C15H16NO3P. The molecule has 1 unspecified atom stereocenters. The molecule has 1 atom stereocenters. The topological polar surface area (TPSA) is 38.8 Å². The standard InChI is InChI=1S/C15H16NO3P/c1-13-7-9-14(10-8-13)16-11-12-18-20(16,17)19-15-5-3-2-4-6-15/h2-10H,11-12H2,1H3. The fraction of sp³-hybridized carbons (Fsp3) is 0.200. The highest BCUT2D eigenvalue weighted by molar-refractivity contribution is 7.56. The molecule has 0 N–H and O–H groups in total. The molecule has 4 nitrogen and oxygen atoms in total. The Morgan fingerprint density at radius 1 is 1.10 bits per heavy atom. The summed E-state index contributed by atoms with van der Waals surface area (Å²) in [4.78, 5) is 0. The minimum Gasteiger partial charge on any atom is -0.409 e. The SMILES string of the molecule is Cc1ccc(N2CCOP2(=O)Oc2ccccc2)cc1. The zero-order chi connectivity index (χ0) is 14.0. The lowest BCUT2D eigenvalue weighted by Crippen LogP contribution is -2.17. The van der Waals surface area contributed by atoms with Crippen molar-refractivity contribution in [3.8, 4) is 5.75 Å². The van der Waals surface area contributed by atoms with E-state index in [0.717, 1.165) is 11.3 Å². The van der Waals surface area contributed by atoms with E-state index in [0.29, 0.717) is 18.9 Å². The molecule has 0 spiro atoms. The second-order valence-electron chi connectivity index (χ2n) is 4.66. The third kappa shape index (κ3) is 2.58. The monoisotopic (exact) mass is 289 g/mol. The summed E-state index contributed by atoms with van der Waals surface area (Å²) >= 11 is 0. The maximum Gasteiger partial charge on any atom is 0.489 e. The minimum absolute atomic E-state index is 0.401. The van der Waals surface area contributed by atoms with E-state index >= 15 is 0 Å². The van der Waals surface area contributed by atoms with Crippen LogP contribution < -0.4 is 9.19 Å². The van der Waals surface area contributed by atoms with Crippen LogP contribution in [-0.2, 0) is 9.09 Å². The van der Waals surface area contributed by atoms with Crippen molar-refractivity contribution in [3.05, 3.63) is 60.2 Å². The maximum atomic E-state index is 12.9.